The fourth-order valence-corrected chi connectivity index (χ4v) is 2.33. The first-order valence-electron chi connectivity index (χ1n) is 5.77. The van der Waals surface area contributed by atoms with Gasteiger partial charge in [-0.1, -0.05) is 11.6 Å². The molecule has 5 nitrogen and oxygen atoms in total. The van der Waals surface area contributed by atoms with Gasteiger partial charge in [-0.15, -0.1) is 0 Å². The number of carboxylic acid groups (broad SMARTS) is 1. The molecule has 1 aromatic heterocycles. The second-order valence-corrected chi connectivity index (χ2v) is 4.86. The van der Waals surface area contributed by atoms with Crippen LogP contribution in [0.1, 0.15) is 24.2 Å². The van der Waals surface area contributed by atoms with Gasteiger partial charge >= 0.3 is 5.97 Å². The number of ether oxygens (including phenoxy) is 1. The minimum absolute atomic E-state index is 0.0381. The van der Waals surface area contributed by atoms with E-state index in [1.807, 2.05) is 18.7 Å². The van der Waals surface area contributed by atoms with Crippen molar-refractivity contribution < 1.29 is 14.6 Å². The fourth-order valence-electron chi connectivity index (χ4n) is 2.18. The number of aromatic carboxylic acids is 1. The third kappa shape index (κ3) is 2.73. The molecular weight excluding hydrogens is 256 g/mol. The van der Waals surface area contributed by atoms with E-state index in [4.69, 9.17) is 16.3 Å². The lowest BCUT2D eigenvalue weighted by Gasteiger charge is -2.36. The molecule has 2 unspecified atom stereocenters. The standard InChI is InChI=1S/C12H15ClN2O3/c1-7-5-15(6-8(2)18-7)11-9(12(16)17)3-4-10(13)14-11/h3-4,7-8H,5-6H2,1-2H3,(H,16,17). The number of rotatable bonds is 2. The normalized spacial score (nSPS) is 24.1. The summed E-state index contributed by atoms with van der Waals surface area (Å²) < 4.78 is 5.62. The minimum atomic E-state index is -0.999. The number of hydrogen-bond acceptors (Lipinski definition) is 4. The highest BCUT2D eigenvalue weighted by Crippen LogP contribution is 2.24. The number of nitrogens with zero attached hydrogens (tertiary/aromatic N) is 2. The Hall–Kier alpha value is -1.33. The molecule has 0 radical (unpaired) electrons. The van der Waals surface area contributed by atoms with Gasteiger partial charge in [-0.05, 0) is 26.0 Å². The molecule has 2 atom stereocenters. The fraction of sp³-hybridized carbons (Fsp3) is 0.500. The van der Waals surface area contributed by atoms with Gasteiger partial charge in [-0.3, -0.25) is 0 Å². The van der Waals surface area contributed by atoms with E-state index in [1.54, 1.807) is 0 Å². The number of morpholine rings is 1. The molecule has 1 saturated heterocycles. The maximum absolute atomic E-state index is 11.2. The van der Waals surface area contributed by atoms with Crippen molar-refractivity contribution >= 4 is 23.4 Å². The van der Waals surface area contributed by atoms with Crippen molar-refractivity contribution in [2.45, 2.75) is 26.1 Å². The summed E-state index contributed by atoms with van der Waals surface area (Å²) in [4.78, 5) is 17.3. The highest BCUT2D eigenvalue weighted by Gasteiger charge is 2.26. The van der Waals surface area contributed by atoms with Gasteiger partial charge in [0.1, 0.15) is 16.5 Å². The number of carboxylic acids is 1. The van der Waals surface area contributed by atoms with Crippen LogP contribution in [0.4, 0.5) is 5.82 Å². The molecular formula is C12H15ClN2O3. The van der Waals surface area contributed by atoms with Crippen LogP contribution in [-0.2, 0) is 4.74 Å². The van der Waals surface area contributed by atoms with E-state index in [0.717, 1.165) is 0 Å². The van der Waals surface area contributed by atoms with Crippen molar-refractivity contribution in [3.05, 3.63) is 22.8 Å². The molecule has 98 valence electrons. The monoisotopic (exact) mass is 270 g/mol. The Morgan fingerprint density at radius 3 is 2.61 bits per heavy atom. The van der Waals surface area contributed by atoms with E-state index in [1.165, 1.54) is 12.1 Å². The number of anilines is 1. The summed E-state index contributed by atoms with van der Waals surface area (Å²) in [6.07, 6.45) is 0.0763. The third-order valence-corrected chi connectivity index (χ3v) is 3.00. The van der Waals surface area contributed by atoms with Crippen LogP contribution in [0.25, 0.3) is 0 Å². The summed E-state index contributed by atoms with van der Waals surface area (Å²) >= 11 is 5.85. The molecule has 0 bridgehead atoms. The van der Waals surface area contributed by atoms with Crippen LogP contribution in [-0.4, -0.2) is 41.4 Å². The second kappa shape index (κ2) is 5.12. The van der Waals surface area contributed by atoms with Crippen LogP contribution in [0.5, 0.6) is 0 Å². The number of hydrogen-bond donors (Lipinski definition) is 1. The molecule has 2 heterocycles. The Balaban J connectivity index is 2.36. The molecule has 18 heavy (non-hydrogen) atoms. The minimum Gasteiger partial charge on any atom is -0.478 e. The maximum atomic E-state index is 11.2. The van der Waals surface area contributed by atoms with Crippen LogP contribution < -0.4 is 4.90 Å². The van der Waals surface area contributed by atoms with Gasteiger partial charge in [0, 0.05) is 13.1 Å². The van der Waals surface area contributed by atoms with Gasteiger partial charge in [0.2, 0.25) is 0 Å². The van der Waals surface area contributed by atoms with E-state index in [-0.39, 0.29) is 17.8 Å². The predicted octanol–water partition coefficient (Wildman–Crippen LogP) is 2.05. The first-order chi connectivity index (χ1) is 8.47. The molecule has 0 aromatic carbocycles. The first kappa shape index (κ1) is 13.1. The van der Waals surface area contributed by atoms with E-state index >= 15 is 0 Å². The summed E-state index contributed by atoms with van der Waals surface area (Å²) in [7, 11) is 0. The molecule has 1 aromatic rings. The van der Waals surface area contributed by atoms with Crippen molar-refractivity contribution in [1.82, 2.24) is 4.98 Å². The molecule has 0 aliphatic carbocycles. The molecule has 6 heteroatoms. The van der Waals surface area contributed by atoms with E-state index < -0.39 is 5.97 Å². The van der Waals surface area contributed by atoms with Gasteiger partial charge in [0.25, 0.3) is 0 Å². The molecule has 1 aliphatic rings. The Morgan fingerprint density at radius 1 is 1.44 bits per heavy atom. The van der Waals surface area contributed by atoms with Crippen LogP contribution in [0.2, 0.25) is 5.15 Å². The molecule has 0 amide bonds. The Morgan fingerprint density at radius 2 is 2.06 bits per heavy atom. The van der Waals surface area contributed by atoms with Gasteiger partial charge in [0.15, 0.2) is 0 Å². The maximum Gasteiger partial charge on any atom is 0.339 e. The lowest BCUT2D eigenvalue weighted by molar-refractivity contribution is -0.00556. The van der Waals surface area contributed by atoms with Crippen LogP contribution in [0.3, 0.4) is 0 Å². The Bertz CT molecular complexity index is 457. The average Bonchev–Trinajstić information content (AvgIpc) is 2.27. The summed E-state index contributed by atoms with van der Waals surface area (Å²) in [5, 5.41) is 9.47. The summed E-state index contributed by atoms with van der Waals surface area (Å²) in [6, 6.07) is 2.97. The molecule has 1 aliphatic heterocycles. The number of halogens is 1. The summed E-state index contributed by atoms with van der Waals surface area (Å²) in [5.74, 6) is -0.585. The zero-order valence-electron chi connectivity index (χ0n) is 10.3. The largest absolute Gasteiger partial charge is 0.478 e. The molecule has 2 rings (SSSR count). The van der Waals surface area contributed by atoms with Gasteiger partial charge in [0.05, 0.1) is 12.2 Å². The SMILES string of the molecule is CC1CN(c2nc(Cl)ccc2C(=O)O)CC(C)O1. The lowest BCUT2D eigenvalue weighted by atomic mass is 10.2. The van der Waals surface area contributed by atoms with E-state index in [0.29, 0.717) is 24.1 Å². The Labute approximate surface area is 110 Å². The van der Waals surface area contributed by atoms with Crippen molar-refractivity contribution in [1.29, 1.82) is 0 Å². The van der Waals surface area contributed by atoms with E-state index in [2.05, 4.69) is 4.98 Å². The van der Waals surface area contributed by atoms with Crippen LogP contribution >= 0.6 is 11.6 Å². The molecule has 1 N–H and O–H groups in total. The number of aromatic nitrogens is 1. The zero-order chi connectivity index (χ0) is 13.3. The summed E-state index contributed by atoms with van der Waals surface area (Å²) in [5.41, 5.74) is 0.167. The zero-order valence-corrected chi connectivity index (χ0v) is 11.0. The molecule has 0 saturated carbocycles. The Kier molecular flexibility index (Phi) is 3.73. The van der Waals surface area contributed by atoms with Crippen LogP contribution in [0.15, 0.2) is 12.1 Å². The summed E-state index contributed by atoms with van der Waals surface area (Å²) in [6.45, 7) is 5.12. The lowest BCUT2D eigenvalue weighted by Crippen LogP contribution is -2.46. The number of pyridine rings is 1. The van der Waals surface area contributed by atoms with Crippen molar-refractivity contribution in [2.24, 2.45) is 0 Å². The van der Waals surface area contributed by atoms with Gasteiger partial charge in [-0.2, -0.15) is 0 Å². The first-order valence-corrected chi connectivity index (χ1v) is 6.15. The van der Waals surface area contributed by atoms with Crippen molar-refractivity contribution in [3.8, 4) is 0 Å². The molecule has 0 spiro atoms. The van der Waals surface area contributed by atoms with Crippen molar-refractivity contribution in [3.63, 3.8) is 0 Å². The average molecular weight is 271 g/mol. The quantitative estimate of drug-likeness (QED) is 0.834. The smallest absolute Gasteiger partial charge is 0.339 e. The van der Waals surface area contributed by atoms with Gasteiger partial charge < -0.3 is 14.7 Å². The highest BCUT2D eigenvalue weighted by atomic mass is 35.5. The number of carbonyl (C=O) groups is 1. The van der Waals surface area contributed by atoms with E-state index in [9.17, 15) is 9.90 Å². The van der Waals surface area contributed by atoms with Crippen LogP contribution in [0, 0.1) is 0 Å². The topological polar surface area (TPSA) is 62.7 Å². The second-order valence-electron chi connectivity index (χ2n) is 4.47. The molecule has 1 fully saturated rings. The third-order valence-electron chi connectivity index (χ3n) is 2.79. The van der Waals surface area contributed by atoms with Gasteiger partial charge in [-0.25, -0.2) is 9.78 Å². The van der Waals surface area contributed by atoms with Crippen molar-refractivity contribution in [2.75, 3.05) is 18.0 Å². The predicted molar refractivity (Wildman–Crippen MR) is 68.4 cm³/mol. The highest BCUT2D eigenvalue weighted by molar-refractivity contribution is 6.29.